The van der Waals surface area contributed by atoms with Gasteiger partial charge < -0.3 is 10.1 Å². The first kappa shape index (κ1) is 16.6. The number of esters is 1. The Hall–Kier alpha value is -1.84. The molecule has 1 aromatic carbocycles. The minimum atomic E-state index is -0.211. The number of aryl methyl sites for hydroxylation is 1. The molecule has 1 aromatic rings. The van der Waals surface area contributed by atoms with Gasteiger partial charge in [0.1, 0.15) is 0 Å². The lowest BCUT2D eigenvalue weighted by atomic mass is 9.86. The minimum Gasteiger partial charge on any atom is -0.456 e. The SMILES string of the molecule is O=C(COC(=O)CC1CC2CCC1C2)NC1CCCc2ccccc21. The van der Waals surface area contributed by atoms with E-state index in [4.69, 9.17) is 4.74 Å². The van der Waals surface area contributed by atoms with Crippen molar-refractivity contribution in [3.63, 3.8) is 0 Å². The zero-order chi connectivity index (χ0) is 17.2. The second kappa shape index (κ2) is 7.19. The van der Waals surface area contributed by atoms with Gasteiger partial charge >= 0.3 is 5.97 Å². The van der Waals surface area contributed by atoms with E-state index in [1.54, 1.807) is 0 Å². The van der Waals surface area contributed by atoms with Crippen molar-refractivity contribution in [3.05, 3.63) is 35.4 Å². The zero-order valence-electron chi connectivity index (χ0n) is 14.7. The van der Waals surface area contributed by atoms with E-state index in [2.05, 4.69) is 17.4 Å². The van der Waals surface area contributed by atoms with E-state index < -0.39 is 0 Å². The molecular weight excluding hydrogens is 314 g/mol. The van der Waals surface area contributed by atoms with Crippen LogP contribution in [-0.4, -0.2) is 18.5 Å². The van der Waals surface area contributed by atoms with Crippen molar-refractivity contribution >= 4 is 11.9 Å². The summed E-state index contributed by atoms with van der Waals surface area (Å²) in [4.78, 5) is 24.3. The molecule has 4 nitrogen and oxygen atoms in total. The molecule has 0 saturated heterocycles. The van der Waals surface area contributed by atoms with Crippen LogP contribution in [0.1, 0.15) is 62.1 Å². The van der Waals surface area contributed by atoms with Gasteiger partial charge in [0.05, 0.1) is 6.04 Å². The fourth-order valence-electron chi connectivity index (χ4n) is 5.19. The van der Waals surface area contributed by atoms with E-state index in [-0.39, 0.29) is 24.5 Å². The molecule has 2 fully saturated rings. The van der Waals surface area contributed by atoms with Gasteiger partial charge in [-0.2, -0.15) is 0 Å². The highest BCUT2D eigenvalue weighted by Gasteiger charge is 2.40. The van der Waals surface area contributed by atoms with Gasteiger partial charge in [-0.05, 0) is 67.4 Å². The molecule has 2 saturated carbocycles. The maximum Gasteiger partial charge on any atom is 0.306 e. The summed E-state index contributed by atoms with van der Waals surface area (Å²) in [5.41, 5.74) is 2.52. The standard InChI is InChI=1S/C21H27NO3/c23-20(22-19-7-3-5-15-4-1-2-6-18(15)19)13-25-21(24)12-17-11-14-8-9-16(17)10-14/h1-2,4,6,14,16-17,19H,3,5,7-13H2,(H,22,23). The molecule has 3 aliphatic rings. The summed E-state index contributed by atoms with van der Waals surface area (Å²) in [5, 5.41) is 3.03. The van der Waals surface area contributed by atoms with Gasteiger partial charge in [0.2, 0.25) is 0 Å². The third-order valence-electron chi connectivity index (χ3n) is 6.38. The Morgan fingerprint density at radius 3 is 2.80 bits per heavy atom. The first-order valence-corrected chi connectivity index (χ1v) is 9.72. The highest BCUT2D eigenvalue weighted by molar-refractivity contribution is 5.81. The fraction of sp³-hybridized carbons (Fsp3) is 0.619. The number of carbonyl (C=O) groups excluding carboxylic acids is 2. The van der Waals surface area contributed by atoms with E-state index in [1.807, 2.05) is 12.1 Å². The van der Waals surface area contributed by atoms with Crippen LogP contribution in [0.25, 0.3) is 0 Å². The highest BCUT2D eigenvalue weighted by atomic mass is 16.5. The molecule has 3 aliphatic carbocycles. The van der Waals surface area contributed by atoms with E-state index in [0.717, 1.165) is 25.2 Å². The quantitative estimate of drug-likeness (QED) is 0.833. The Morgan fingerprint density at radius 2 is 2.00 bits per heavy atom. The average Bonchev–Trinajstić information content (AvgIpc) is 3.23. The van der Waals surface area contributed by atoms with Gasteiger partial charge in [-0.3, -0.25) is 9.59 Å². The summed E-state index contributed by atoms with van der Waals surface area (Å²) >= 11 is 0. The number of amides is 1. The number of carbonyl (C=O) groups is 2. The smallest absolute Gasteiger partial charge is 0.306 e. The van der Waals surface area contributed by atoms with Crippen LogP contribution in [0.3, 0.4) is 0 Å². The van der Waals surface area contributed by atoms with Crippen molar-refractivity contribution < 1.29 is 14.3 Å². The number of fused-ring (bicyclic) bond motifs is 3. The van der Waals surface area contributed by atoms with Crippen molar-refractivity contribution in [1.29, 1.82) is 0 Å². The van der Waals surface area contributed by atoms with Gasteiger partial charge in [0, 0.05) is 6.42 Å². The van der Waals surface area contributed by atoms with Crippen LogP contribution in [0.4, 0.5) is 0 Å². The molecule has 4 atom stereocenters. The van der Waals surface area contributed by atoms with Crippen LogP contribution in [0.5, 0.6) is 0 Å². The summed E-state index contributed by atoms with van der Waals surface area (Å²) < 4.78 is 5.25. The molecule has 4 unspecified atom stereocenters. The second-order valence-corrected chi connectivity index (χ2v) is 8.01. The lowest BCUT2D eigenvalue weighted by Gasteiger charge is -2.26. The molecule has 2 bridgehead atoms. The predicted octanol–water partition coefficient (Wildman–Crippen LogP) is 3.55. The number of benzene rings is 1. The van der Waals surface area contributed by atoms with Crippen molar-refractivity contribution in [1.82, 2.24) is 5.32 Å². The Morgan fingerprint density at radius 1 is 1.12 bits per heavy atom. The number of hydrogen-bond acceptors (Lipinski definition) is 3. The molecule has 25 heavy (non-hydrogen) atoms. The molecule has 4 rings (SSSR count). The van der Waals surface area contributed by atoms with Crippen LogP contribution >= 0.6 is 0 Å². The van der Waals surface area contributed by atoms with Crippen molar-refractivity contribution in [2.45, 2.75) is 57.4 Å². The van der Waals surface area contributed by atoms with Gasteiger partial charge in [-0.15, -0.1) is 0 Å². The maximum atomic E-state index is 12.2. The fourth-order valence-corrected chi connectivity index (χ4v) is 5.19. The van der Waals surface area contributed by atoms with Crippen molar-refractivity contribution in [2.24, 2.45) is 17.8 Å². The van der Waals surface area contributed by atoms with E-state index in [9.17, 15) is 9.59 Å². The highest BCUT2D eigenvalue weighted by Crippen LogP contribution is 2.49. The minimum absolute atomic E-state index is 0.0433. The normalized spacial score (nSPS) is 29.9. The molecule has 0 aliphatic heterocycles. The molecule has 0 spiro atoms. The molecule has 4 heteroatoms. The Labute approximate surface area is 149 Å². The van der Waals surface area contributed by atoms with Gasteiger partial charge in [0.25, 0.3) is 5.91 Å². The Bertz CT molecular complexity index is 656. The first-order chi connectivity index (χ1) is 12.2. The summed E-state index contributed by atoms with van der Waals surface area (Å²) in [7, 11) is 0. The topological polar surface area (TPSA) is 55.4 Å². The molecular formula is C21H27NO3. The monoisotopic (exact) mass is 341 g/mol. The first-order valence-electron chi connectivity index (χ1n) is 9.72. The van der Waals surface area contributed by atoms with Crippen LogP contribution < -0.4 is 5.32 Å². The summed E-state index contributed by atoms with van der Waals surface area (Å²) in [6.45, 7) is -0.154. The number of rotatable bonds is 5. The summed E-state index contributed by atoms with van der Waals surface area (Å²) in [6.07, 6.45) is 8.64. The molecule has 1 N–H and O–H groups in total. The van der Waals surface area contributed by atoms with E-state index in [1.165, 1.54) is 36.8 Å². The molecule has 0 aromatic heterocycles. The lowest BCUT2D eigenvalue weighted by Crippen LogP contribution is -2.34. The zero-order valence-corrected chi connectivity index (χ0v) is 14.7. The molecule has 0 radical (unpaired) electrons. The Balaban J connectivity index is 1.24. The van der Waals surface area contributed by atoms with E-state index in [0.29, 0.717) is 18.3 Å². The second-order valence-electron chi connectivity index (χ2n) is 8.01. The summed E-state index contributed by atoms with van der Waals surface area (Å²) in [5.74, 6) is 1.63. The maximum absolute atomic E-state index is 12.2. The molecule has 0 heterocycles. The van der Waals surface area contributed by atoms with Crippen molar-refractivity contribution in [3.8, 4) is 0 Å². The van der Waals surface area contributed by atoms with Gasteiger partial charge in [0.15, 0.2) is 6.61 Å². The molecule has 134 valence electrons. The third-order valence-corrected chi connectivity index (χ3v) is 6.38. The van der Waals surface area contributed by atoms with Crippen LogP contribution in [0, 0.1) is 17.8 Å². The number of ether oxygens (including phenoxy) is 1. The van der Waals surface area contributed by atoms with Crippen molar-refractivity contribution in [2.75, 3.05) is 6.61 Å². The van der Waals surface area contributed by atoms with Crippen LogP contribution in [0.2, 0.25) is 0 Å². The van der Waals surface area contributed by atoms with Crippen LogP contribution in [0.15, 0.2) is 24.3 Å². The number of hydrogen-bond donors (Lipinski definition) is 1. The Kier molecular flexibility index (Phi) is 4.78. The lowest BCUT2D eigenvalue weighted by molar-refractivity contribution is -0.150. The summed E-state index contributed by atoms with van der Waals surface area (Å²) in [6, 6.07) is 8.31. The average molecular weight is 341 g/mol. The van der Waals surface area contributed by atoms with Gasteiger partial charge in [-0.25, -0.2) is 0 Å². The number of nitrogens with one attached hydrogen (secondary N) is 1. The predicted molar refractivity (Wildman–Crippen MR) is 94.8 cm³/mol. The van der Waals surface area contributed by atoms with E-state index >= 15 is 0 Å². The molecule has 1 amide bonds. The van der Waals surface area contributed by atoms with Gasteiger partial charge in [-0.1, -0.05) is 30.7 Å². The van der Waals surface area contributed by atoms with Crippen LogP contribution in [-0.2, 0) is 20.7 Å². The largest absolute Gasteiger partial charge is 0.456 e. The third kappa shape index (κ3) is 3.73.